The summed E-state index contributed by atoms with van der Waals surface area (Å²) in [6.07, 6.45) is 4.67. The summed E-state index contributed by atoms with van der Waals surface area (Å²) in [5, 5.41) is 11.7. The topological polar surface area (TPSA) is 57.7 Å². The van der Waals surface area contributed by atoms with E-state index in [9.17, 15) is 0 Å². The van der Waals surface area contributed by atoms with Gasteiger partial charge < -0.3 is 20.7 Å². The molecule has 158 valence electrons. The van der Waals surface area contributed by atoms with E-state index in [1.807, 2.05) is 7.05 Å². The minimum Gasteiger partial charge on any atom is -0.381 e. The normalized spacial score (nSPS) is 22.9. The quantitative estimate of drug-likeness (QED) is 0.293. The molecule has 2 aliphatic heterocycles. The third-order valence-corrected chi connectivity index (χ3v) is 7.01. The molecule has 1 aromatic carbocycles. The number of rotatable bonds is 7. The number of nitrogens with zero attached hydrogens (tertiary/aromatic N) is 1. The first-order chi connectivity index (χ1) is 13.2. The molecule has 0 amide bonds. The summed E-state index contributed by atoms with van der Waals surface area (Å²) >= 11 is 2.07. The summed E-state index contributed by atoms with van der Waals surface area (Å²) in [6.45, 7) is 5.71. The molecule has 5 nitrogen and oxygen atoms in total. The van der Waals surface area contributed by atoms with Crippen LogP contribution in [0.15, 0.2) is 35.3 Å². The van der Waals surface area contributed by atoms with E-state index in [1.54, 1.807) is 0 Å². The first-order valence-corrected chi connectivity index (χ1v) is 11.2. The molecule has 0 spiro atoms. The van der Waals surface area contributed by atoms with Gasteiger partial charge in [-0.25, -0.2) is 0 Å². The zero-order chi connectivity index (χ0) is 19.0. The number of guanidine groups is 1. The standard InChI is InChI=1S/C21H34N4OS.HI/c1-17(18-7-4-3-5-8-18)25-21(10-12-26-13-11-21)16-24-20(22-2)23-15-19-9-6-14-27-19;/h3-5,7-8,17,19,25H,6,9-16H2,1-2H3,(H2,22,23,24);1H. The highest BCUT2D eigenvalue weighted by Crippen LogP contribution is 2.26. The van der Waals surface area contributed by atoms with Gasteiger partial charge in [0.05, 0.1) is 0 Å². The molecule has 2 unspecified atom stereocenters. The van der Waals surface area contributed by atoms with Gasteiger partial charge in [0.1, 0.15) is 0 Å². The molecular weight excluding hydrogens is 483 g/mol. The Morgan fingerprint density at radius 2 is 2.00 bits per heavy atom. The van der Waals surface area contributed by atoms with Gasteiger partial charge in [-0.1, -0.05) is 30.3 Å². The predicted molar refractivity (Wildman–Crippen MR) is 131 cm³/mol. The van der Waals surface area contributed by atoms with Gasteiger partial charge in [0.2, 0.25) is 0 Å². The van der Waals surface area contributed by atoms with Crippen molar-refractivity contribution < 1.29 is 4.74 Å². The van der Waals surface area contributed by atoms with Crippen molar-refractivity contribution in [3.8, 4) is 0 Å². The van der Waals surface area contributed by atoms with E-state index < -0.39 is 0 Å². The number of aliphatic imine (C=N–C) groups is 1. The first kappa shape index (κ1) is 23.8. The van der Waals surface area contributed by atoms with E-state index >= 15 is 0 Å². The second-order valence-electron chi connectivity index (χ2n) is 7.61. The van der Waals surface area contributed by atoms with Gasteiger partial charge in [-0.3, -0.25) is 4.99 Å². The molecule has 0 aromatic heterocycles. The molecule has 0 saturated carbocycles. The van der Waals surface area contributed by atoms with Crippen molar-refractivity contribution in [3.05, 3.63) is 35.9 Å². The fraction of sp³-hybridized carbons (Fsp3) is 0.667. The van der Waals surface area contributed by atoms with E-state index in [0.29, 0.717) is 6.04 Å². The smallest absolute Gasteiger partial charge is 0.191 e. The van der Waals surface area contributed by atoms with E-state index in [-0.39, 0.29) is 29.5 Å². The molecule has 0 aliphatic carbocycles. The van der Waals surface area contributed by atoms with Crippen LogP contribution in [0, 0.1) is 0 Å². The Hall–Kier alpha value is -0.510. The first-order valence-electron chi connectivity index (χ1n) is 10.2. The van der Waals surface area contributed by atoms with Crippen molar-refractivity contribution in [2.24, 2.45) is 4.99 Å². The molecule has 2 aliphatic rings. The average Bonchev–Trinajstić information content (AvgIpc) is 3.23. The summed E-state index contributed by atoms with van der Waals surface area (Å²) in [5.74, 6) is 2.20. The number of ether oxygens (including phenoxy) is 1. The second kappa shape index (κ2) is 12.2. The van der Waals surface area contributed by atoms with Crippen LogP contribution in [0.25, 0.3) is 0 Å². The molecule has 28 heavy (non-hydrogen) atoms. The lowest BCUT2D eigenvalue weighted by atomic mass is 9.88. The molecule has 2 atom stereocenters. The fourth-order valence-corrected chi connectivity index (χ4v) is 5.11. The Bertz CT molecular complexity index is 589. The maximum Gasteiger partial charge on any atom is 0.191 e. The zero-order valence-electron chi connectivity index (χ0n) is 17.1. The summed E-state index contributed by atoms with van der Waals surface area (Å²) in [4.78, 5) is 4.43. The minimum atomic E-state index is 0. The Labute approximate surface area is 191 Å². The molecule has 2 saturated heterocycles. The molecule has 2 fully saturated rings. The van der Waals surface area contributed by atoms with Crippen LogP contribution >= 0.6 is 35.7 Å². The van der Waals surface area contributed by atoms with Gasteiger partial charge in [-0.05, 0) is 43.9 Å². The van der Waals surface area contributed by atoms with Crippen LogP contribution in [-0.4, -0.2) is 55.9 Å². The monoisotopic (exact) mass is 518 g/mol. The van der Waals surface area contributed by atoms with Crippen molar-refractivity contribution in [1.29, 1.82) is 0 Å². The molecule has 3 rings (SSSR count). The van der Waals surface area contributed by atoms with Gasteiger partial charge in [-0.2, -0.15) is 11.8 Å². The lowest BCUT2D eigenvalue weighted by Gasteiger charge is -2.41. The number of hydrogen-bond acceptors (Lipinski definition) is 4. The van der Waals surface area contributed by atoms with E-state index in [2.05, 4.69) is 70.0 Å². The van der Waals surface area contributed by atoms with E-state index in [1.165, 1.54) is 24.2 Å². The summed E-state index contributed by atoms with van der Waals surface area (Å²) < 4.78 is 5.64. The Balaban J connectivity index is 0.00000280. The largest absolute Gasteiger partial charge is 0.381 e. The van der Waals surface area contributed by atoms with Crippen molar-refractivity contribution in [2.45, 2.75) is 49.4 Å². The van der Waals surface area contributed by atoms with Gasteiger partial charge in [-0.15, -0.1) is 24.0 Å². The Morgan fingerprint density at radius 3 is 2.64 bits per heavy atom. The van der Waals surface area contributed by atoms with Gasteiger partial charge in [0.15, 0.2) is 5.96 Å². The number of halogens is 1. The highest BCUT2D eigenvalue weighted by atomic mass is 127. The SMILES string of the molecule is CN=C(NCC1CCCS1)NCC1(NC(C)c2ccccc2)CCOCC1.I. The highest BCUT2D eigenvalue weighted by Gasteiger charge is 2.34. The van der Waals surface area contributed by atoms with E-state index in [0.717, 1.165) is 50.4 Å². The number of benzene rings is 1. The third-order valence-electron chi connectivity index (χ3n) is 5.61. The summed E-state index contributed by atoms with van der Waals surface area (Å²) in [5.41, 5.74) is 1.34. The van der Waals surface area contributed by atoms with Crippen molar-refractivity contribution in [3.63, 3.8) is 0 Å². The molecule has 0 radical (unpaired) electrons. The molecule has 2 heterocycles. The lowest BCUT2D eigenvalue weighted by molar-refractivity contribution is 0.0355. The van der Waals surface area contributed by atoms with Crippen molar-refractivity contribution in [1.82, 2.24) is 16.0 Å². The Morgan fingerprint density at radius 1 is 1.25 bits per heavy atom. The maximum atomic E-state index is 5.64. The number of hydrogen-bond donors (Lipinski definition) is 3. The van der Waals surface area contributed by atoms with E-state index in [4.69, 9.17) is 4.74 Å². The zero-order valence-corrected chi connectivity index (χ0v) is 20.2. The van der Waals surface area contributed by atoms with Crippen LogP contribution in [0.4, 0.5) is 0 Å². The van der Waals surface area contributed by atoms with Crippen molar-refractivity contribution in [2.75, 3.05) is 39.1 Å². The summed E-state index contributed by atoms with van der Waals surface area (Å²) in [6, 6.07) is 11.0. The minimum absolute atomic E-state index is 0. The number of thioether (sulfide) groups is 1. The van der Waals surface area contributed by atoms with Crippen LogP contribution in [-0.2, 0) is 4.74 Å². The molecular formula is C21H35IN4OS. The van der Waals surface area contributed by atoms with Crippen LogP contribution < -0.4 is 16.0 Å². The van der Waals surface area contributed by atoms with Gasteiger partial charge in [0, 0.05) is 50.2 Å². The lowest BCUT2D eigenvalue weighted by Crippen LogP contribution is -2.58. The molecule has 3 N–H and O–H groups in total. The third kappa shape index (κ3) is 7.07. The maximum absolute atomic E-state index is 5.64. The Kier molecular flexibility index (Phi) is 10.4. The van der Waals surface area contributed by atoms with Gasteiger partial charge in [0.25, 0.3) is 0 Å². The highest BCUT2D eigenvalue weighted by molar-refractivity contribution is 14.0. The second-order valence-corrected chi connectivity index (χ2v) is 9.02. The van der Waals surface area contributed by atoms with Crippen LogP contribution in [0.2, 0.25) is 0 Å². The molecule has 1 aromatic rings. The van der Waals surface area contributed by atoms with Crippen LogP contribution in [0.5, 0.6) is 0 Å². The van der Waals surface area contributed by atoms with Crippen LogP contribution in [0.1, 0.15) is 44.2 Å². The fourth-order valence-electron chi connectivity index (χ4n) is 3.91. The molecule has 0 bridgehead atoms. The van der Waals surface area contributed by atoms with Crippen molar-refractivity contribution >= 4 is 41.7 Å². The molecule has 7 heteroatoms. The summed E-state index contributed by atoms with van der Waals surface area (Å²) in [7, 11) is 1.85. The average molecular weight is 519 g/mol. The predicted octanol–water partition coefficient (Wildman–Crippen LogP) is 3.57. The van der Waals surface area contributed by atoms with Gasteiger partial charge >= 0.3 is 0 Å². The number of nitrogens with one attached hydrogen (secondary N) is 3. The van der Waals surface area contributed by atoms with Crippen LogP contribution in [0.3, 0.4) is 0 Å².